The number of aliphatic hydroxyl groups is 2. The van der Waals surface area contributed by atoms with Gasteiger partial charge in [-0.3, -0.25) is 0 Å². The third-order valence-corrected chi connectivity index (χ3v) is 7.66. The number of rotatable bonds is 1. The Kier molecular flexibility index (Phi) is 3.57. The van der Waals surface area contributed by atoms with Crippen molar-refractivity contribution in [3.05, 3.63) is 22.8 Å². The molecular formula is C20H30O3. The zero-order valence-corrected chi connectivity index (χ0v) is 14.6. The van der Waals surface area contributed by atoms with Crippen LogP contribution in [0, 0.1) is 16.7 Å². The number of hydrogen-bond donors (Lipinski definition) is 2. The molecule has 0 amide bonds. The van der Waals surface area contributed by atoms with Gasteiger partial charge < -0.3 is 14.9 Å². The topological polar surface area (TPSA) is 49.7 Å². The Morgan fingerprint density at radius 1 is 1.09 bits per heavy atom. The lowest BCUT2D eigenvalue weighted by Gasteiger charge is -2.54. The SMILES string of the molecule is CO[C@H]1CC2=C[C@@H](O)CC[C@]2(C)[C@H]2CC[C@@]3(C)C(=C12)CC[C@@H]3O. The maximum Gasteiger partial charge on any atom is 0.0824 e. The molecule has 3 nitrogen and oxygen atoms in total. The maximum absolute atomic E-state index is 10.5. The highest BCUT2D eigenvalue weighted by molar-refractivity contribution is 5.42. The standard InChI is InChI=1S/C20H30O3/c1-19-8-6-13(21)10-12(19)11-16(23-3)18-14-4-5-17(22)20(14,2)9-7-15(18)19/h10,13,15-17,21-22H,4-9,11H2,1-3H3/t13-,15-,16-,17-,19-,20-/m0/s1. The van der Waals surface area contributed by atoms with Gasteiger partial charge in [-0.05, 0) is 61.9 Å². The van der Waals surface area contributed by atoms with Crippen LogP contribution in [0.4, 0.5) is 0 Å². The second kappa shape index (κ2) is 5.18. The van der Waals surface area contributed by atoms with Gasteiger partial charge in [-0.1, -0.05) is 31.1 Å². The number of fused-ring (bicyclic) bond motifs is 4. The van der Waals surface area contributed by atoms with E-state index in [9.17, 15) is 10.2 Å². The number of hydrogen-bond acceptors (Lipinski definition) is 3. The molecule has 4 aliphatic carbocycles. The van der Waals surface area contributed by atoms with Crippen LogP contribution in [0.2, 0.25) is 0 Å². The van der Waals surface area contributed by atoms with Crippen molar-refractivity contribution in [2.45, 2.75) is 77.1 Å². The Morgan fingerprint density at radius 2 is 1.83 bits per heavy atom. The lowest BCUT2D eigenvalue weighted by atomic mass is 9.51. The largest absolute Gasteiger partial charge is 0.392 e. The number of methoxy groups -OCH3 is 1. The van der Waals surface area contributed by atoms with Gasteiger partial charge in [-0.2, -0.15) is 0 Å². The van der Waals surface area contributed by atoms with Crippen LogP contribution < -0.4 is 0 Å². The molecule has 0 spiro atoms. The fourth-order valence-corrected chi connectivity index (χ4v) is 6.10. The first-order valence-electron chi connectivity index (χ1n) is 9.23. The fourth-order valence-electron chi connectivity index (χ4n) is 6.10. The molecule has 4 rings (SSSR count). The van der Waals surface area contributed by atoms with Crippen molar-refractivity contribution in [2.24, 2.45) is 16.7 Å². The van der Waals surface area contributed by atoms with Crippen LogP contribution in [0.1, 0.15) is 58.8 Å². The molecule has 0 aromatic rings. The lowest BCUT2D eigenvalue weighted by Crippen LogP contribution is -2.48. The molecule has 6 atom stereocenters. The molecule has 2 saturated carbocycles. The summed E-state index contributed by atoms with van der Waals surface area (Å²) in [5.74, 6) is 0.522. The molecule has 0 aromatic carbocycles. The third kappa shape index (κ3) is 2.06. The summed E-state index contributed by atoms with van der Waals surface area (Å²) in [6.07, 6.45) is 8.75. The molecule has 4 aliphatic rings. The van der Waals surface area contributed by atoms with Gasteiger partial charge in [0.05, 0.1) is 18.3 Å². The summed E-state index contributed by atoms with van der Waals surface area (Å²) in [5.41, 5.74) is 4.55. The maximum atomic E-state index is 10.5. The first kappa shape index (κ1) is 15.9. The van der Waals surface area contributed by atoms with E-state index in [0.29, 0.717) is 5.92 Å². The summed E-state index contributed by atoms with van der Waals surface area (Å²) in [6.45, 7) is 4.66. The van der Waals surface area contributed by atoms with E-state index in [1.54, 1.807) is 0 Å². The molecule has 2 N–H and O–H groups in total. The number of ether oxygens (including phenoxy) is 1. The van der Waals surface area contributed by atoms with E-state index in [2.05, 4.69) is 19.9 Å². The minimum Gasteiger partial charge on any atom is -0.392 e. The van der Waals surface area contributed by atoms with Gasteiger partial charge in [0.15, 0.2) is 0 Å². The van der Waals surface area contributed by atoms with E-state index in [1.165, 1.54) is 16.7 Å². The minimum atomic E-state index is -0.285. The van der Waals surface area contributed by atoms with Gasteiger partial charge in [0.25, 0.3) is 0 Å². The van der Waals surface area contributed by atoms with Crippen molar-refractivity contribution in [1.29, 1.82) is 0 Å². The second-order valence-corrected chi connectivity index (χ2v) is 8.64. The molecule has 0 bridgehead atoms. The van der Waals surface area contributed by atoms with Crippen LogP contribution in [0.25, 0.3) is 0 Å². The van der Waals surface area contributed by atoms with Crippen LogP contribution in [0.3, 0.4) is 0 Å². The molecule has 0 aromatic heterocycles. The quantitative estimate of drug-likeness (QED) is 0.729. The highest BCUT2D eigenvalue weighted by Gasteiger charge is 2.55. The zero-order chi connectivity index (χ0) is 16.4. The van der Waals surface area contributed by atoms with Crippen molar-refractivity contribution in [3.63, 3.8) is 0 Å². The van der Waals surface area contributed by atoms with E-state index in [-0.39, 0.29) is 29.1 Å². The van der Waals surface area contributed by atoms with Crippen molar-refractivity contribution in [3.8, 4) is 0 Å². The van der Waals surface area contributed by atoms with Gasteiger partial charge in [-0.25, -0.2) is 0 Å². The van der Waals surface area contributed by atoms with Crippen LogP contribution in [-0.4, -0.2) is 35.6 Å². The predicted molar refractivity (Wildman–Crippen MR) is 89.9 cm³/mol. The Hall–Kier alpha value is -0.640. The summed E-state index contributed by atoms with van der Waals surface area (Å²) in [5, 5.41) is 20.6. The Labute approximate surface area is 139 Å². The fraction of sp³-hybridized carbons (Fsp3) is 0.800. The molecule has 128 valence electrons. The normalized spacial score (nSPS) is 49.3. The molecule has 0 saturated heterocycles. The van der Waals surface area contributed by atoms with Crippen molar-refractivity contribution < 1.29 is 14.9 Å². The van der Waals surface area contributed by atoms with Crippen LogP contribution in [-0.2, 0) is 4.74 Å². The van der Waals surface area contributed by atoms with Gasteiger partial charge in [0, 0.05) is 12.5 Å². The number of aliphatic hydroxyl groups excluding tert-OH is 2. The summed E-state index contributed by atoms with van der Waals surface area (Å²) in [6, 6.07) is 0. The molecule has 0 unspecified atom stereocenters. The molecule has 0 aliphatic heterocycles. The highest BCUT2D eigenvalue weighted by Crippen LogP contribution is 2.62. The average Bonchev–Trinajstić information content (AvgIpc) is 2.83. The minimum absolute atomic E-state index is 0.0334. The van der Waals surface area contributed by atoms with Crippen molar-refractivity contribution in [1.82, 2.24) is 0 Å². The van der Waals surface area contributed by atoms with E-state index in [1.807, 2.05) is 7.11 Å². The Balaban J connectivity index is 1.85. The molecule has 0 heterocycles. The van der Waals surface area contributed by atoms with Crippen LogP contribution in [0.15, 0.2) is 22.8 Å². The third-order valence-electron chi connectivity index (χ3n) is 7.66. The predicted octanol–water partition coefficient (Wildman–Crippen LogP) is 3.36. The summed E-state index contributed by atoms with van der Waals surface area (Å²) < 4.78 is 5.92. The average molecular weight is 318 g/mol. The van der Waals surface area contributed by atoms with E-state index < -0.39 is 0 Å². The van der Waals surface area contributed by atoms with Gasteiger partial charge >= 0.3 is 0 Å². The van der Waals surface area contributed by atoms with Crippen LogP contribution in [0.5, 0.6) is 0 Å². The molecule has 23 heavy (non-hydrogen) atoms. The van der Waals surface area contributed by atoms with Crippen molar-refractivity contribution >= 4 is 0 Å². The molecule has 3 heteroatoms. The molecule has 2 fully saturated rings. The Bertz CT molecular complexity index is 577. The summed E-state index contributed by atoms with van der Waals surface area (Å²) >= 11 is 0. The zero-order valence-electron chi connectivity index (χ0n) is 14.6. The first-order chi connectivity index (χ1) is 10.9. The smallest absolute Gasteiger partial charge is 0.0824 e. The van der Waals surface area contributed by atoms with E-state index in [0.717, 1.165) is 44.9 Å². The second-order valence-electron chi connectivity index (χ2n) is 8.64. The van der Waals surface area contributed by atoms with Gasteiger partial charge in [0.1, 0.15) is 0 Å². The van der Waals surface area contributed by atoms with E-state index >= 15 is 0 Å². The Morgan fingerprint density at radius 3 is 2.57 bits per heavy atom. The van der Waals surface area contributed by atoms with Gasteiger partial charge in [-0.15, -0.1) is 0 Å². The summed E-state index contributed by atoms with van der Waals surface area (Å²) in [7, 11) is 1.81. The van der Waals surface area contributed by atoms with Crippen molar-refractivity contribution in [2.75, 3.05) is 7.11 Å². The molecular weight excluding hydrogens is 288 g/mol. The molecule has 0 radical (unpaired) electrons. The monoisotopic (exact) mass is 318 g/mol. The highest BCUT2D eigenvalue weighted by atomic mass is 16.5. The van der Waals surface area contributed by atoms with Gasteiger partial charge in [0.2, 0.25) is 0 Å². The lowest BCUT2D eigenvalue weighted by molar-refractivity contribution is 0.0222. The van der Waals surface area contributed by atoms with E-state index in [4.69, 9.17) is 4.74 Å². The van der Waals surface area contributed by atoms with Crippen LogP contribution >= 0.6 is 0 Å². The summed E-state index contributed by atoms with van der Waals surface area (Å²) in [4.78, 5) is 0. The first-order valence-corrected chi connectivity index (χ1v) is 9.23.